The number of aromatic nitrogens is 3. The molecule has 1 fully saturated rings. The van der Waals surface area contributed by atoms with E-state index in [1.165, 1.54) is 25.6 Å². The Bertz CT molecular complexity index is 1050. The van der Waals surface area contributed by atoms with Crippen LogP contribution in [0.1, 0.15) is 36.5 Å². The average molecular weight is 443 g/mol. The van der Waals surface area contributed by atoms with Crippen LogP contribution in [0.3, 0.4) is 0 Å². The molecule has 1 N–H and O–H groups in total. The number of halogens is 3. The van der Waals surface area contributed by atoms with Crippen molar-refractivity contribution in [3.05, 3.63) is 71.4 Å². The van der Waals surface area contributed by atoms with E-state index in [4.69, 9.17) is 4.74 Å². The molecule has 32 heavy (non-hydrogen) atoms. The molecule has 0 aliphatic heterocycles. The van der Waals surface area contributed by atoms with E-state index in [-0.39, 0.29) is 23.2 Å². The topological polar surface area (TPSA) is 63.2 Å². The van der Waals surface area contributed by atoms with Gasteiger partial charge in [-0.05, 0) is 24.0 Å². The molecule has 0 bridgehead atoms. The molecule has 1 aliphatic rings. The van der Waals surface area contributed by atoms with Gasteiger partial charge in [0, 0.05) is 43.9 Å². The van der Waals surface area contributed by atoms with E-state index in [9.17, 15) is 8.78 Å². The molecule has 0 amide bonds. The summed E-state index contributed by atoms with van der Waals surface area (Å²) in [6.45, 7) is 1.57. The van der Waals surface area contributed by atoms with Gasteiger partial charge in [-0.3, -0.25) is 0 Å². The van der Waals surface area contributed by atoms with Crippen molar-refractivity contribution in [2.45, 2.75) is 44.8 Å². The number of rotatable bonds is 9. The number of benzene rings is 1. The van der Waals surface area contributed by atoms with Gasteiger partial charge in [0.05, 0.1) is 7.11 Å². The lowest BCUT2D eigenvalue weighted by molar-refractivity contribution is 0.0174. The molecular formula is C23H24F3N5O. The lowest BCUT2D eigenvalue weighted by atomic mass is 10.1. The predicted molar refractivity (Wildman–Crippen MR) is 115 cm³/mol. The van der Waals surface area contributed by atoms with Gasteiger partial charge in [-0.2, -0.15) is 4.39 Å². The lowest BCUT2D eigenvalue weighted by Crippen LogP contribution is -2.27. The minimum Gasteiger partial charge on any atom is -0.481 e. The zero-order valence-electron chi connectivity index (χ0n) is 17.9. The van der Waals surface area contributed by atoms with E-state index in [1.54, 1.807) is 24.4 Å². The Kier molecular flexibility index (Phi) is 6.16. The summed E-state index contributed by atoms with van der Waals surface area (Å²) in [7, 11) is 1.54. The first-order chi connectivity index (χ1) is 15.3. The number of hydrogen-bond donors (Lipinski definition) is 1. The maximum Gasteiger partial charge on any atom is 0.270 e. The molecule has 2 aromatic heterocycles. The summed E-state index contributed by atoms with van der Waals surface area (Å²) in [5, 5.41) is 2.99. The third-order valence-corrected chi connectivity index (χ3v) is 5.31. The maximum atomic E-state index is 15.3. The first-order valence-corrected chi connectivity index (χ1v) is 10.3. The van der Waals surface area contributed by atoms with E-state index in [0.717, 1.165) is 30.9 Å². The first-order valence-electron chi connectivity index (χ1n) is 10.3. The molecule has 2 heterocycles. The molecule has 9 heteroatoms. The number of alkyl halides is 2. The van der Waals surface area contributed by atoms with Crippen molar-refractivity contribution < 1.29 is 17.9 Å². The first kappa shape index (κ1) is 21.9. The number of nitrogens with one attached hydrogen (secondary N) is 1. The Morgan fingerprint density at radius 2 is 1.78 bits per heavy atom. The molecule has 6 nitrogen and oxygen atoms in total. The van der Waals surface area contributed by atoms with Crippen LogP contribution in [0.15, 0.2) is 48.9 Å². The van der Waals surface area contributed by atoms with Gasteiger partial charge >= 0.3 is 0 Å². The number of pyridine rings is 1. The summed E-state index contributed by atoms with van der Waals surface area (Å²) in [6, 6.07) is 9.84. The van der Waals surface area contributed by atoms with Crippen LogP contribution in [0.4, 0.5) is 24.8 Å². The van der Waals surface area contributed by atoms with Crippen molar-refractivity contribution in [1.29, 1.82) is 0 Å². The van der Waals surface area contributed by atoms with Crippen molar-refractivity contribution in [3.8, 4) is 5.88 Å². The van der Waals surface area contributed by atoms with Crippen LogP contribution >= 0.6 is 0 Å². The molecule has 0 atom stereocenters. The fourth-order valence-corrected chi connectivity index (χ4v) is 3.37. The van der Waals surface area contributed by atoms with Crippen LogP contribution < -0.4 is 15.0 Å². The Morgan fingerprint density at radius 1 is 1.06 bits per heavy atom. The molecule has 168 valence electrons. The largest absolute Gasteiger partial charge is 0.481 e. The van der Waals surface area contributed by atoms with E-state index >= 15 is 4.39 Å². The summed E-state index contributed by atoms with van der Waals surface area (Å²) in [4.78, 5) is 14.2. The highest BCUT2D eigenvalue weighted by Crippen LogP contribution is 2.35. The van der Waals surface area contributed by atoms with Crippen molar-refractivity contribution in [1.82, 2.24) is 15.0 Å². The van der Waals surface area contributed by atoms with Crippen LogP contribution in [0.2, 0.25) is 0 Å². The summed E-state index contributed by atoms with van der Waals surface area (Å²) in [6.07, 6.45) is 4.82. The Morgan fingerprint density at radius 3 is 2.38 bits per heavy atom. The quantitative estimate of drug-likeness (QED) is 0.507. The smallest absolute Gasteiger partial charge is 0.270 e. The molecule has 1 saturated carbocycles. The highest BCUT2D eigenvalue weighted by atomic mass is 19.3. The number of hydrogen-bond acceptors (Lipinski definition) is 6. The molecular weight excluding hydrogens is 419 g/mol. The summed E-state index contributed by atoms with van der Waals surface area (Å²) >= 11 is 0. The van der Waals surface area contributed by atoms with Crippen molar-refractivity contribution in [3.63, 3.8) is 0 Å². The predicted octanol–water partition coefficient (Wildman–Crippen LogP) is 4.91. The van der Waals surface area contributed by atoms with Gasteiger partial charge in [0.15, 0.2) is 11.6 Å². The number of ether oxygens (including phenoxy) is 1. The van der Waals surface area contributed by atoms with Crippen LogP contribution in [0, 0.1) is 5.82 Å². The van der Waals surface area contributed by atoms with Crippen LogP contribution in [-0.2, 0) is 19.0 Å². The standard InChI is InChI=1S/C23H24F3N5O/c1-23(25,26)17-6-3-15(4-7-17)13-31(18-8-9-18)22-20(24)21(29-14-30-22)28-12-16-5-10-19(32-2)27-11-16/h3-7,10-11,14,18H,8-9,12-13H2,1-2H3,(H,28,29,30). The highest BCUT2D eigenvalue weighted by molar-refractivity contribution is 5.53. The Labute approximate surface area is 184 Å². The molecule has 4 rings (SSSR count). The van der Waals surface area contributed by atoms with Gasteiger partial charge in [0.25, 0.3) is 5.92 Å². The van der Waals surface area contributed by atoms with Gasteiger partial charge in [-0.1, -0.05) is 30.3 Å². The van der Waals surface area contributed by atoms with Crippen LogP contribution in [0.25, 0.3) is 0 Å². The zero-order valence-corrected chi connectivity index (χ0v) is 17.9. The molecule has 0 saturated heterocycles. The molecule has 1 aromatic carbocycles. The van der Waals surface area contributed by atoms with Gasteiger partial charge in [-0.25, -0.2) is 23.7 Å². The van der Waals surface area contributed by atoms with Crippen LogP contribution in [-0.4, -0.2) is 28.1 Å². The van der Waals surface area contributed by atoms with E-state index < -0.39 is 11.7 Å². The highest BCUT2D eigenvalue weighted by Gasteiger charge is 2.33. The summed E-state index contributed by atoms with van der Waals surface area (Å²) in [5.41, 5.74) is 1.60. The molecule has 0 unspecified atom stereocenters. The number of anilines is 2. The Hall–Kier alpha value is -3.36. The van der Waals surface area contributed by atoms with Gasteiger partial charge in [0.1, 0.15) is 6.33 Å². The fourth-order valence-electron chi connectivity index (χ4n) is 3.37. The second-order valence-corrected chi connectivity index (χ2v) is 7.87. The SMILES string of the molecule is COc1ccc(CNc2ncnc(N(Cc3ccc(C(C)(F)F)cc3)C3CC3)c2F)cn1. The monoisotopic (exact) mass is 443 g/mol. The fraction of sp³-hybridized carbons (Fsp3) is 0.348. The van der Waals surface area contributed by atoms with E-state index in [1.807, 2.05) is 11.0 Å². The zero-order chi connectivity index (χ0) is 22.7. The third-order valence-electron chi connectivity index (χ3n) is 5.31. The van der Waals surface area contributed by atoms with E-state index in [2.05, 4.69) is 20.3 Å². The van der Waals surface area contributed by atoms with Crippen molar-refractivity contribution in [2.75, 3.05) is 17.3 Å². The van der Waals surface area contributed by atoms with Crippen molar-refractivity contribution >= 4 is 11.6 Å². The molecule has 3 aromatic rings. The second kappa shape index (κ2) is 9.02. The summed E-state index contributed by atoms with van der Waals surface area (Å²) in [5.74, 6) is -2.65. The second-order valence-electron chi connectivity index (χ2n) is 7.87. The maximum absolute atomic E-state index is 15.3. The van der Waals surface area contributed by atoms with Crippen molar-refractivity contribution in [2.24, 2.45) is 0 Å². The number of nitrogens with zero attached hydrogens (tertiary/aromatic N) is 4. The third kappa shape index (κ3) is 5.09. The van der Waals surface area contributed by atoms with Crippen LogP contribution in [0.5, 0.6) is 5.88 Å². The lowest BCUT2D eigenvalue weighted by Gasteiger charge is -2.25. The number of methoxy groups -OCH3 is 1. The van der Waals surface area contributed by atoms with Gasteiger partial charge in [-0.15, -0.1) is 0 Å². The van der Waals surface area contributed by atoms with E-state index in [0.29, 0.717) is 19.0 Å². The molecule has 1 aliphatic carbocycles. The minimum atomic E-state index is -2.90. The average Bonchev–Trinajstić information content (AvgIpc) is 3.62. The Balaban J connectivity index is 1.50. The summed E-state index contributed by atoms with van der Waals surface area (Å²) < 4.78 is 47.3. The van der Waals surface area contributed by atoms with Gasteiger partial charge in [0.2, 0.25) is 11.7 Å². The molecule has 0 spiro atoms. The minimum absolute atomic E-state index is 0.0491. The van der Waals surface area contributed by atoms with Gasteiger partial charge < -0.3 is 15.0 Å². The molecule has 0 radical (unpaired) electrons. The normalized spacial score (nSPS) is 13.7.